The van der Waals surface area contributed by atoms with Crippen LogP contribution in [0.15, 0.2) is 47.4 Å². The molecule has 0 bridgehead atoms. The summed E-state index contributed by atoms with van der Waals surface area (Å²) < 4.78 is 0. The van der Waals surface area contributed by atoms with Crippen molar-refractivity contribution in [3.8, 4) is 0 Å². The second-order valence-electron chi connectivity index (χ2n) is 4.54. The molecular formula is C15H12ClNO2S. The zero-order chi connectivity index (χ0) is 14.1. The number of hydrogen-bond donors (Lipinski definition) is 2. The molecule has 20 heavy (non-hydrogen) atoms. The van der Waals surface area contributed by atoms with Crippen molar-refractivity contribution < 1.29 is 9.90 Å². The minimum Gasteiger partial charge on any atom is -0.378 e. The molecule has 1 unspecified atom stereocenters. The molecular weight excluding hydrogens is 294 g/mol. The minimum absolute atomic E-state index is 0.402. The van der Waals surface area contributed by atoms with E-state index in [1.54, 1.807) is 17.8 Å². The van der Waals surface area contributed by atoms with Crippen LogP contribution < -0.4 is 5.32 Å². The molecule has 2 aromatic carbocycles. The first kappa shape index (κ1) is 13.5. The second kappa shape index (κ2) is 5.48. The van der Waals surface area contributed by atoms with E-state index in [1.807, 2.05) is 24.3 Å². The van der Waals surface area contributed by atoms with Gasteiger partial charge in [-0.05, 0) is 17.7 Å². The van der Waals surface area contributed by atoms with Gasteiger partial charge in [-0.2, -0.15) is 0 Å². The summed E-state index contributed by atoms with van der Waals surface area (Å²) in [6.45, 7) is 0. The van der Waals surface area contributed by atoms with Gasteiger partial charge in [-0.3, -0.25) is 4.79 Å². The molecule has 3 rings (SSSR count). The summed E-state index contributed by atoms with van der Waals surface area (Å²) in [5.74, 6) is 0.400. The van der Waals surface area contributed by atoms with Gasteiger partial charge in [0.2, 0.25) is 0 Å². The summed E-state index contributed by atoms with van der Waals surface area (Å²) in [7, 11) is 0. The fourth-order valence-corrected chi connectivity index (χ4v) is 3.34. The molecule has 0 fully saturated rings. The van der Waals surface area contributed by atoms with Gasteiger partial charge in [0.15, 0.2) is 6.10 Å². The summed E-state index contributed by atoms with van der Waals surface area (Å²) in [4.78, 5) is 12.3. The van der Waals surface area contributed by atoms with Gasteiger partial charge in [0.05, 0.1) is 5.02 Å². The molecule has 5 heteroatoms. The van der Waals surface area contributed by atoms with Gasteiger partial charge in [0.1, 0.15) is 0 Å². The van der Waals surface area contributed by atoms with Crippen LogP contribution in [-0.2, 0) is 10.5 Å². The summed E-state index contributed by atoms with van der Waals surface area (Å²) in [5, 5.41) is 12.9. The molecule has 0 aliphatic carbocycles. The van der Waals surface area contributed by atoms with E-state index < -0.39 is 12.0 Å². The van der Waals surface area contributed by atoms with Crippen LogP contribution in [0, 0.1) is 0 Å². The summed E-state index contributed by atoms with van der Waals surface area (Å²) in [5.41, 5.74) is 2.39. The zero-order valence-corrected chi connectivity index (χ0v) is 12.0. The van der Waals surface area contributed by atoms with Crippen LogP contribution in [0.3, 0.4) is 0 Å². The number of aliphatic hydroxyl groups excluding tert-OH is 1. The predicted molar refractivity (Wildman–Crippen MR) is 81.0 cm³/mol. The molecule has 1 heterocycles. The Morgan fingerprint density at radius 3 is 2.75 bits per heavy atom. The van der Waals surface area contributed by atoms with Crippen molar-refractivity contribution in [2.24, 2.45) is 0 Å². The highest BCUT2D eigenvalue weighted by molar-refractivity contribution is 7.98. The Morgan fingerprint density at radius 2 is 2.00 bits per heavy atom. The number of benzene rings is 2. The maximum atomic E-state index is 11.4. The highest BCUT2D eigenvalue weighted by Gasteiger charge is 2.29. The van der Waals surface area contributed by atoms with Crippen molar-refractivity contribution >= 4 is 35.0 Å². The highest BCUT2D eigenvalue weighted by atomic mass is 35.5. The van der Waals surface area contributed by atoms with Crippen LogP contribution in [0.2, 0.25) is 5.02 Å². The molecule has 0 aromatic heterocycles. The maximum Gasteiger partial charge on any atom is 0.257 e. The lowest BCUT2D eigenvalue weighted by atomic mass is 10.1. The highest BCUT2D eigenvalue weighted by Crippen LogP contribution is 2.39. The van der Waals surface area contributed by atoms with Crippen LogP contribution >= 0.6 is 23.4 Å². The summed E-state index contributed by atoms with van der Waals surface area (Å²) in [6, 6.07) is 13.6. The lowest BCUT2D eigenvalue weighted by molar-refractivity contribution is -0.123. The van der Waals surface area contributed by atoms with Crippen molar-refractivity contribution in [2.75, 3.05) is 5.32 Å². The number of anilines is 1. The van der Waals surface area contributed by atoms with E-state index in [9.17, 15) is 9.90 Å². The zero-order valence-electron chi connectivity index (χ0n) is 10.5. The first-order valence-electron chi connectivity index (χ1n) is 6.14. The van der Waals surface area contributed by atoms with E-state index in [2.05, 4.69) is 17.4 Å². The molecule has 0 radical (unpaired) electrons. The number of fused-ring (bicyclic) bond motifs is 1. The molecule has 3 nitrogen and oxygen atoms in total. The average Bonchev–Trinajstić information content (AvgIpc) is 2.73. The molecule has 1 amide bonds. The van der Waals surface area contributed by atoms with Crippen LogP contribution in [0.5, 0.6) is 0 Å². The van der Waals surface area contributed by atoms with Crippen molar-refractivity contribution in [1.82, 2.24) is 0 Å². The third kappa shape index (κ3) is 2.54. The first-order chi connectivity index (χ1) is 9.65. The van der Waals surface area contributed by atoms with E-state index in [0.717, 1.165) is 10.6 Å². The van der Waals surface area contributed by atoms with E-state index in [-0.39, 0.29) is 0 Å². The quantitative estimate of drug-likeness (QED) is 0.852. The molecule has 102 valence electrons. The molecule has 1 aliphatic rings. The number of halogens is 1. The minimum atomic E-state index is -1.12. The molecule has 1 aliphatic heterocycles. The fourth-order valence-electron chi connectivity index (χ4n) is 2.09. The molecule has 1 atom stereocenters. The Morgan fingerprint density at radius 1 is 1.25 bits per heavy atom. The predicted octanol–water partition coefficient (Wildman–Crippen LogP) is 3.62. The molecule has 0 spiro atoms. The third-order valence-electron chi connectivity index (χ3n) is 3.14. The molecule has 2 aromatic rings. The van der Waals surface area contributed by atoms with Crippen molar-refractivity contribution in [3.05, 3.63) is 58.6 Å². The third-order valence-corrected chi connectivity index (χ3v) is 4.69. The van der Waals surface area contributed by atoms with E-state index in [4.69, 9.17) is 11.6 Å². The average molecular weight is 306 g/mol. The Hall–Kier alpha value is -1.49. The SMILES string of the molecule is O=C1Nc2cc(SCc3ccccc3)c(Cl)cc2C1O. The topological polar surface area (TPSA) is 49.3 Å². The Bertz CT molecular complexity index is 660. The lowest BCUT2D eigenvalue weighted by Crippen LogP contribution is -2.10. The largest absolute Gasteiger partial charge is 0.378 e. The monoisotopic (exact) mass is 305 g/mol. The standard InChI is InChI=1S/C15H12ClNO2S/c16-11-6-10-12(17-15(19)14(10)18)7-13(11)20-8-9-4-2-1-3-5-9/h1-7,14,18H,8H2,(H,17,19). The normalized spacial score (nSPS) is 16.9. The van der Waals surface area contributed by atoms with Gasteiger partial charge < -0.3 is 10.4 Å². The number of amides is 1. The van der Waals surface area contributed by atoms with Crippen LogP contribution in [0.4, 0.5) is 5.69 Å². The van der Waals surface area contributed by atoms with Crippen LogP contribution in [-0.4, -0.2) is 11.0 Å². The fraction of sp³-hybridized carbons (Fsp3) is 0.133. The Kier molecular flexibility index (Phi) is 3.70. The Labute approximate surface area is 126 Å². The molecule has 0 saturated heterocycles. The number of carbonyl (C=O) groups is 1. The number of carbonyl (C=O) groups excluding carboxylic acids is 1. The number of rotatable bonds is 3. The second-order valence-corrected chi connectivity index (χ2v) is 5.96. The Balaban J connectivity index is 1.82. The number of thioether (sulfide) groups is 1. The number of hydrogen-bond acceptors (Lipinski definition) is 3. The van der Waals surface area contributed by atoms with Crippen molar-refractivity contribution in [2.45, 2.75) is 16.8 Å². The van der Waals surface area contributed by atoms with E-state index >= 15 is 0 Å². The maximum absolute atomic E-state index is 11.4. The van der Waals surface area contributed by atoms with Gasteiger partial charge in [0.25, 0.3) is 5.91 Å². The summed E-state index contributed by atoms with van der Waals surface area (Å²) >= 11 is 7.82. The van der Waals surface area contributed by atoms with Crippen molar-refractivity contribution in [3.63, 3.8) is 0 Å². The van der Waals surface area contributed by atoms with Gasteiger partial charge in [-0.25, -0.2) is 0 Å². The van der Waals surface area contributed by atoms with Gasteiger partial charge in [-0.15, -0.1) is 11.8 Å². The molecule has 2 N–H and O–H groups in total. The van der Waals surface area contributed by atoms with Gasteiger partial charge >= 0.3 is 0 Å². The van der Waals surface area contributed by atoms with Gasteiger partial charge in [-0.1, -0.05) is 41.9 Å². The number of aliphatic hydroxyl groups is 1. The first-order valence-corrected chi connectivity index (χ1v) is 7.50. The van der Waals surface area contributed by atoms with Crippen molar-refractivity contribution in [1.29, 1.82) is 0 Å². The van der Waals surface area contributed by atoms with Gasteiger partial charge in [0, 0.05) is 21.9 Å². The smallest absolute Gasteiger partial charge is 0.257 e. The summed E-state index contributed by atoms with van der Waals surface area (Å²) in [6.07, 6.45) is -1.12. The molecule has 0 saturated carbocycles. The number of nitrogens with one attached hydrogen (secondary N) is 1. The lowest BCUT2D eigenvalue weighted by Gasteiger charge is -2.08. The van der Waals surface area contributed by atoms with Crippen LogP contribution in [0.1, 0.15) is 17.2 Å². The van der Waals surface area contributed by atoms with E-state index in [1.165, 1.54) is 5.56 Å². The van der Waals surface area contributed by atoms with E-state index in [0.29, 0.717) is 16.3 Å². The van der Waals surface area contributed by atoms with Crippen LogP contribution in [0.25, 0.3) is 0 Å².